The summed E-state index contributed by atoms with van der Waals surface area (Å²) in [6.45, 7) is 6.35. The maximum absolute atomic E-state index is 13.9. The Morgan fingerprint density at radius 2 is 1.85 bits per heavy atom. The first-order chi connectivity index (χ1) is 26.7. The van der Waals surface area contributed by atoms with E-state index in [0.717, 1.165) is 98.5 Å². The predicted molar refractivity (Wildman–Crippen MR) is 212 cm³/mol. The van der Waals surface area contributed by atoms with E-state index in [1.165, 1.54) is 0 Å². The van der Waals surface area contributed by atoms with Gasteiger partial charge in [-0.15, -0.1) is 0 Å². The number of ether oxygens (including phenoxy) is 2. The lowest BCUT2D eigenvalue weighted by Gasteiger charge is -2.26. The van der Waals surface area contributed by atoms with E-state index in [0.29, 0.717) is 19.8 Å². The van der Waals surface area contributed by atoms with Crippen LogP contribution in [0.5, 0.6) is 5.75 Å². The Morgan fingerprint density at radius 1 is 1.00 bits per heavy atom. The number of imidazole rings is 2. The first-order valence-electron chi connectivity index (χ1n) is 19.3. The molecule has 0 saturated carbocycles. The van der Waals surface area contributed by atoms with Crippen molar-refractivity contribution >= 4 is 33.6 Å². The molecule has 4 N–H and O–H groups in total. The van der Waals surface area contributed by atoms with Gasteiger partial charge in [-0.05, 0) is 77.1 Å². The van der Waals surface area contributed by atoms with Gasteiger partial charge in [-0.3, -0.25) is 9.59 Å². The molecule has 3 aliphatic rings. The number of nitrogens with zero attached hydrogens (tertiary/aromatic N) is 4. The maximum Gasteiger partial charge on any atom is 0.244 e. The number of hydrogen-bond donors (Lipinski definition) is 3. The third-order valence-electron chi connectivity index (χ3n) is 11.4. The molecule has 4 aromatic carbocycles. The molecule has 4 atom stereocenters. The number of H-pyrrole nitrogens is 2. The molecule has 1 radical (unpaired) electrons. The average Bonchev–Trinajstić information content (AvgIpc) is 4.02. The zero-order valence-corrected chi connectivity index (χ0v) is 31.4. The number of fused-ring (bicyclic) bond motifs is 6. The van der Waals surface area contributed by atoms with Crippen LogP contribution in [0.2, 0.25) is 0 Å². The second-order valence-corrected chi connectivity index (χ2v) is 15.5. The summed E-state index contributed by atoms with van der Waals surface area (Å²) in [6.07, 6.45) is 6.25. The van der Waals surface area contributed by atoms with E-state index in [4.69, 9.17) is 25.2 Å². The summed E-state index contributed by atoms with van der Waals surface area (Å²) in [7, 11) is 1.69. The van der Waals surface area contributed by atoms with Gasteiger partial charge in [-0.2, -0.15) is 0 Å². The van der Waals surface area contributed by atoms with E-state index in [9.17, 15) is 9.59 Å². The highest BCUT2D eigenvalue weighted by Gasteiger charge is 2.40. The Kier molecular flexibility index (Phi) is 9.14. The topological polar surface area (TPSA) is 142 Å². The summed E-state index contributed by atoms with van der Waals surface area (Å²) >= 11 is 0. The Bertz CT molecular complexity index is 2400. The van der Waals surface area contributed by atoms with Crippen LogP contribution in [-0.4, -0.2) is 68.4 Å². The molecule has 2 aromatic heterocycles. The van der Waals surface area contributed by atoms with Gasteiger partial charge in [-0.25, -0.2) is 9.97 Å². The van der Waals surface area contributed by atoms with Gasteiger partial charge in [-0.1, -0.05) is 62.4 Å². The second-order valence-electron chi connectivity index (χ2n) is 15.5. The lowest BCUT2D eigenvalue weighted by atomic mass is 9.92. The van der Waals surface area contributed by atoms with E-state index in [1.54, 1.807) is 13.5 Å². The minimum absolute atomic E-state index is 0.0418. The minimum Gasteiger partial charge on any atom is -0.488 e. The number of rotatable bonds is 9. The number of aromatic nitrogens is 4. The number of aromatic amines is 2. The van der Waals surface area contributed by atoms with Gasteiger partial charge in [0.1, 0.15) is 30.0 Å². The summed E-state index contributed by atoms with van der Waals surface area (Å²) in [5.41, 5.74) is 14.3. The molecule has 5 heterocycles. The molecule has 3 aliphatic heterocycles. The molecular weight excluding hydrogens is 691 g/mol. The van der Waals surface area contributed by atoms with Gasteiger partial charge < -0.3 is 35.0 Å². The summed E-state index contributed by atoms with van der Waals surface area (Å²) < 4.78 is 11.9. The maximum atomic E-state index is 13.9. The second kappa shape index (κ2) is 14.3. The van der Waals surface area contributed by atoms with Crippen molar-refractivity contribution in [1.29, 1.82) is 0 Å². The number of likely N-dealkylation sites (tertiary alicyclic amines) is 2. The highest BCUT2D eigenvalue weighted by Crippen LogP contribution is 2.44. The molecule has 6 aromatic rings. The van der Waals surface area contributed by atoms with Crippen LogP contribution in [0.1, 0.15) is 74.0 Å². The van der Waals surface area contributed by atoms with Crippen LogP contribution in [0.3, 0.4) is 0 Å². The summed E-state index contributed by atoms with van der Waals surface area (Å²) in [5.74, 6) is 2.72. The van der Waals surface area contributed by atoms with Crippen molar-refractivity contribution in [2.75, 3.05) is 26.8 Å². The molecule has 281 valence electrons. The highest BCUT2D eigenvalue weighted by atomic mass is 16.5. The van der Waals surface area contributed by atoms with E-state index in [-0.39, 0.29) is 35.7 Å². The van der Waals surface area contributed by atoms with Crippen molar-refractivity contribution in [1.82, 2.24) is 29.7 Å². The van der Waals surface area contributed by atoms with Crippen molar-refractivity contribution in [2.24, 2.45) is 17.6 Å². The largest absolute Gasteiger partial charge is 0.488 e. The Morgan fingerprint density at radius 3 is 2.67 bits per heavy atom. The minimum atomic E-state index is -0.761. The normalized spacial score (nSPS) is 19.9. The quantitative estimate of drug-likeness (QED) is 0.140. The Balaban J connectivity index is 0.993. The zero-order chi connectivity index (χ0) is 37.8. The first-order valence-corrected chi connectivity index (χ1v) is 19.3. The Hall–Kier alpha value is -5.52. The zero-order valence-electron chi connectivity index (χ0n) is 31.4. The van der Waals surface area contributed by atoms with Crippen LogP contribution in [0, 0.1) is 18.3 Å². The van der Waals surface area contributed by atoms with E-state index < -0.39 is 6.04 Å². The number of methoxy groups -OCH3 is 1. The average molecular weight is 737 g/mol. The SMILES string of the molecule is COC[C@H]1C[C@@H](c2nc3ccc4cc5c(cc4c3[nH]2)OCc2cc(-c3cnc([C@@H]4CCCN4C(=O)[CH]C(C)C)[nH]3)ccc2-5)N(C(=O)[C@H](N)c2ccccc2)C1. The third-order valence-corrected chi connectivity index (χ3v) is 11.4. The summed E-state index contributed by atoms with van der Waals surface area (Å²) in [5, 5.41) is 2.07. The molecule has 0 bridgehead atoms. The predicted octanol–water partition coefficient (Wildman–Crippen LogP) is 7.43. The van der Waals surface area contributed by atoms with Crippen LogP contribution < -0.4 is 10.5 Å². The Labute approximate surface area is 320 Å². The lowest BCUT2D eigenvalue weighted by molar-refractivity contribution is -0.134. The van der Waals surface area contributed by atoms with Gasteiger partial charge in [0, 0.05) is 37.1 Å². The lowest BCUT2D eigenvalue weighted by Crippen LogP contribution is -2.39. The third kappa shape index (κ3) is 6.44. The number of carbonyl (C=O) groups excluding carboxylic acids is 2. The summed E-state index contributed by atoms with van der Waals surface area (Å²) in [4.78, 5) is 47.5. The molecule has 0 aliphatic carbocycles. The van der Waals surface area contributed by atoms with E-state index in [1.807, 2.05) is 66.2 Å². The molecule has 2 saturated heterocycles. The van der Waals surface area contributed by atoms with Gasteiger partial charge in [0.2, 0.25) is 11.8 Å². The van der Waals surface area contributed by atoms with Gasteiger partial charge >= 0.3 is 0 Å². The van der Waals surface area contributed by atoms with Crippen LogP contribution in [0.15, 0.2) is 79.0 Å². The van der Waals surface area contributed by atoms with Crippen molar-refractivity contribution in [2.45, 2.75) is 57.8 Å². The fourth-order valence-corrected chi connectivity index (χ4v) is 8.75. The molecular formula is C44H46N7O4. The molecule has 0 spiro atoms. The molecule has 55 heavy (non-hydrogen) atoms. The number of benzene rings is 4. The number of hydrogen-bond acceptors (Lipinski definition) is 7. The standard InChI is InChI=1S/C44H46N7O4/c1-25(2)16-39(52)50-15-7-10-36(50)42-46-21-35(48-42)29-11-13-31-30(18-29)24-55-38-20-32-28(19-33(31)38)12-14-34-41(32)49-43(47-34)37-17-26(23-54-3)22-51(37)44(53)40(45)27-8-5-4-6-9-27/h4-6,8-9,11-14,16,18-21,25-26,36-37,40H,7,10,15,17,22-24,45H2,1-3H3,(H,46,48)(H,47,49)/t26-,36-,37-,40+/m0/s1. The van der Waals surface area contributed by atoms with Crippen molar-refractivity contribution < 1.29 is 19.1 Å². The highest BCUT2D eigenvalue weighted by molar-refractivity contribution is 6.07. The molecule has 11 heteroatoms. The fourth-order valence-electron chi connectivity index (χ4n) is 8.75. The molecule has 11 nitrogen and oxygen atoms in total. The van der Waals surface area contributed by atoms with Gasteiger partial charge in [0.15, 0.2) is 0 Å². The molecule has 2 fully saturated rings. The van der Waals surface area contributed by atoms with Gasteiger partial charge in [0.25, 0.3) is 0 Å². The molecule has 0 unspecified atom stereocenters. The smallest absolute Gasteiger partial charge is 0.244 e. The van der Waals surface area contributed by atoms with Crippen molar-refractivity contribution in [3.8, 4) is 28.1 Å². The number of amides is 2. The van der Waals surface area contributed by atoms with E-state index in [2.05, 4.69) is 46.4 Å². The molecule has 9 rings (SSSR count). The molecule has 2 amide bonds. The number of nitrogens with one attached hydrogen (secondary N) is 2. The summed E-state index contributed by atoms with van der Waals surface area (Å²) in [6, 6.07) is 23.3. The van der Waals surface area contributed by atoms with Crippen LogP contribution >= 0.6 is 0 Å². The first kappa shape index (κ1) is 35.2. The fraction of sp³-hybridized carbons (Fsp3) is 0.341. The number of carbonyl (C=O) groups is 2. The monoisotopic (exact) mass is 736 g/mol. The van der Waals surface area contributed by atoms with Crippen LogP contribution in [0.25, 0.3) is 44.2 Å². The van der Waals surface area contributed by atoms with E-state index >= 15 is 0 Å². The van der Waals surface area contributed by atoms with Crippen molar-refractivity contribution in [3.05, 3.63) is 108 Å². The van der Waals surface area contributed by atoms with Crippen LogP contribution in [-0.2, 0) is 20.9 Å². The number of nitrogens with two attached hydrogens (primary N) is 1. The van der Waals surface area contributed by atoms with Gasteiger partial charge in [0.05, 0.1) is 48.0 Å². The van der Waals surface area contributed by atoms with Crippen LogP contribution in [0.4, 0.5) is 0 Å². The van der Waals surface area contributed by atoms with Crippen molar-refractivity contribution in [3.63, 3.8) is 0 Å².